The molecule has 0 spiro atoms. The third kappa shape index (κ3) is 6.10. The van der Waals surface area contributed by atoms with Crippen LogP contribution < -0.4 is 4.74 Å². The van der Waals surface area contributed by atoms with Gasteiger partial charge in [-0.2, -0.15) is 10.2 Å². The van der Waals surface area contributed by atoms with E-state index in [0.29, 0.717) is 0 Å². The van der Waals surface area contributed by atoms with E-state index in [9.17, 15) is 0 Å². The van der Waals surface area contributed by atoms with E-state index in [0.717, 1.165) is 45.1 Å². The quantitative estimate of drug-likeness (QED) is 0.173. The summed E-state index contributed by atoms with van der Waals surface area (Å²) >= 11 is 0. The van der Waals surface area contributed by atoms with E-state index in [-0.39, 0.29) is 0 Å². The van der Waals surface area contributed by atoms with Gasteiger partial charge in [0.25, 0.3) is 0 Å². The zero-order valence-corrected chi connectivity index (χ0v) is 25.5. The van der Waals surface area contributed by atoms with Gasteiger partial charge in [-0.1, -0.05) is 121 Å². The first-order chi connectivity index (χ1) is 23.2. The van der Waals surface area contributed by atoms with Crippen molar-refractivity contribution in [1.82, 2.24) is 19.6 Å². The van der Waals surface area contributed by atoms with Crippen LogP contribution in [0.5, 0.6) is 11.5 Å². The van der Waals surface area contributed by atoms with Crippen molar-refractivity contribution >= 4 is 0 Å². The maximum Gasteiger partial charge on any atom is 0.129 e. The van der Waals surface area contributed by atoms with Gasteiger partial charge < -0.3 is 4.74 Å². The van der Waals surface area contributed by atoms with Crippen LogP contribution in [0, 0.1) is 0 Å². The van der Waals surface area contributed by atoms with Crippen LogP contribution in [0.2, 0.25) is 0 Å². The molecule has 0 bridgehead atoms. The van der Waals surface area contributed by atoms with Crippen molar-refractivity contribution in [3.05, 3.63) is 183 Å². The highest BCUT2D eigenvalue weighted by Gasteiger charge is 2.09. The van der Waals surface area contributed by atoms with Crippen molar-refractivity contribution in [1.29, 1.82) is 0 Å². The summed E-state index contributed by atoms with van der Waals surface area (Å²) in [6, 6.07) is 53.9. The van der Waals surface area contributed by atoms with E-state index >= 15 is 0 Å². The summed E-state index contributed by atoms with van der Waals surface area (Å²) < 4.78 is 10.1. The van der Waals surface area contributed by atoms with E-state index in [1.807, 2.05) is 94.8 Å². The minimum Gasteiger partial charge on any atom is -0.457 e. The first kappa shape index (κ1) is 28.0. The smallest absolute Gasteiger partial charge is 0.129 e. The van der Waals surface area contributed by atoms with Gasteiger partial charge in [0.2, 0.25) is 0 Å². The molecule has 0 amide bonds. The molecule has 8 aromatic rings. The first-order valence-corrected chi connectivity index (χ1v) is 15.5. The largest absolute Gasteiger partial charge is 0.457 e. The van der Waals surface area contributed by atoms with E-state index in [2.05, 4.69) is 107 Å². The van der Waals surface area contributed by atoms with Crippen LogP contribution in [0.4, 0.5) is 0 Å². The van der Waals surface area contributed by atoms with Crippen molar-refractivity contribution in [3.63, 3.8) is 0 Å². The monoisotopic (exact) mass is 606 g/mol. The zero-order chi connectivity index (χ0) is 31.4. The zero-order valence-electron chi connectivity index (χ0n) is 25.5. The van der Waals surface area contributed by atoms with Crippen molar-refractivity contribution < 1.29 is 4.74 Å². The Balaban J connectivity index is 0.967. The number of hydrogen-bond acceptors (Lipinski definition) is 3. The summed E-state index contributed by atoms with van der Waals surface area (Å²) in [7, 11) is 0. The maximum atomic E-state index is 6.31. The van der Waals surface area contributed by atoms with E-state index < -0.39 is 0 Å². The summed E-state index contributed by atoms with van der Waals surface area (Å²) in [5.74, 6) is 1.45. The Hall–Kier alpha value is -6.46. The van der Waals surface area contributed by atoms with Crippen LogP contribution in [-0.4, -0.2) is 19.6 Å². The van der Waals surface area contributed by atoms with Crippen molar-refractivity contribution in [2.24, 2.45) is 0 Å². The molecule has 224 valence electrons. The second kappa shape index (κ2) is 12.5. The standard InChI is InChI=1S/C42H30N4O/c1-3-9-31(10-4-1)33-17-21-35(22-18-33)37-27-43-45(29-37)39-13-7-15-41(25-39)47-42-16-8-14-40(26-42)46-30-38(28-44-46)36-23-19-34(20-24-36)32-11-5-2-6-12-32/h1-30H. The average molecular weight is 607 g/mol. The molecule has 2 aromatic heterocycles. The summed E-state index contributed by atoms with van der Waals surface area (Å²) in [6.07, 6.45) is 7.87. The van der Waals surface area contributed by atoms with Crippen molar-refractivity contribution in [3.8, 4) is 67.4 Å². The van der Waals surface area contributed by atoms with Gasteiger partial charge in [0, 0.05) is 35.7 Å². The molecule has 0 saturated carbocycles. The minimum absolute atomic E-state index is 0.726. The molecule has 8 rings (SSSR count). The Kier molecular flexibility index (Phi) is 7.46. The molecular formula is C42H30N4O. The predicted octanol–water partition coefficient (Wildman–Crippen LogP) is 10.5. The molecular weight excluding hydrogens is 576 g/mol. The number of hydrogen-bond donors (Lipinski definition) is 0. The van der Waals surface area contributed by atoms with Gasteiger partial charge in [0.1, 0.15) is 11.5 Å². The number of aromatic nitrogens is 4. The van der Waals surface area contributed by atoms with Gasteiger partial charge in [-0.3, -0.25) is 0 Å². The molecule has 0 aliphatic rings. The highest BCUT2D eigenvalue weighted by molar-refractivity contribution is 5.71. The molecule has 0 radical (unpaired) electrons. The molecule has 0 aliphatic carbocycles. The third-order valence-corrected chi connectivity index (χ3v) is 8.22. The fourth-order valence-electron chi connectivity index (χ4n) is 5.71. The third-order valence-electron chi connectivity index (χ3n) is 8.22. The summed E-state index contributed by atoms with van der Waals surface area (Å²) in [5, 5.41) is 9.28. The van der Waals surface area contributed by atoms with Crippen molar-refractivity contribution in [2.75, 3.05) is 0 Å². The highest BCUT2D eigenvalue weighted by atomic mass is 16.5. The number of rotatable bonds is 8. The van der Waals surface area contributed by atoms with E-state index in [1.165, 1.54) is 22.3 Å². The van der Waals surface area contributed by atoms with Gasteiger partial charge >= 0.3 is 0 Å². The van der Waals surface area contributed by atoms with Gasteiger partial charge in [-0.15, -0.1) is 0 Å². The normalized spacial score (nSPS) is 11.0. The van der Waals surface area contributed by atoms with Crippen LogP contribution in [-0.2, 0) is 0 Å². The Morgan fingerprint density at radius 2 is 0.702 bits per heavy atom. The summed E-state index contributed by atoms with van der Waals surface area (Å²) in [5.41, 5.74) is 11.0. The van der Waals surface area contributed by atoms with Gasteiger partial charge in [0.15, 0.2) is 0 Å². The number of ether oxygens (including phenoxy) is 1. The maximum absolute atomic E-state index is 6.31. The lowest BCUT2D eigenvalue weighted by Gasteiger charge is -2.09. The van der Waals surface area contributed by atoms with Crippen LogP contribution in [0.25, 0.3) is 55.9 Å². The van der Waals surface area contributed by atoms with E-state index in [4.69, 9.17) is 4.74 Å². The van der Waals surface area contributed by atoms with Crippen LogP contribution in [0.15, 0.2) is 183 Å². The lowest BCUT2D eigenvalue weighted by molar-refractivity contribution is 0.481. The molecule has 5 nitrogen and oxygen atoms in total. The van der Waals surface area contributed by atoms with Crippen molar-refractivity contribution in [2.45, 2.75) is 0 Å². The highest BCUT2D eigenvalue weighted by Crippen LogP contribution is 2.29. The second-order valence-electron chi connectivity index (χ2n) is 11.3. The van der Waals surface area contributed by atoms with Crippen LogP contribution in [0.3, 0.4) is 0 Å². The SMILES string of the molecule is c1ccc(-c2ccc(-c3cnn(-c4cccc(Oc5cccc(-n6cc(-c7ccc(-c8ccccc8)cc7)cn6)c5)c4)c3)cc2)cc1. The molecule has 6 aromatic carbocycles. The van der Waals surface area contributed by atoms with Gasteiger partial charge in [-0.25, -0.2) is 9.36 Å². The Bertz CT molecular complexity index is 2090. The molecule has 0 unspecified atom stereocenters. The Morgan fingerprint density at radius 1 is 0.340 bits per heavy atom. The fraction of sp³-hybridized carbons (Fsp3) is 0. The fourth-order valence-corrected chi connectivity index (χ4v) is 5.71. The second-order valence-corrected chi connectivity index (χ2v) is 11.3. The Labute approximate surface area is 273 Å². The number of nitrogens with zero attached hydrogens (tertiary/aromatic N) is 4. The summed E-state index contributed by atoms with van der Waals surface area (Å²) in [6.45, 7) is 0. The lowest BCUT2D eigenvalue weighted by Crippen LogP contribution is -1.96. The van der Waals surface area contributed by atoms with Crippen LogP contribution >= 0.6 is 0 Å². The van der Waals surface area contributed by atoms with Gasteiger partial charge in [0.05, 0.1) is 23.8 Å². The molecule has 0 saturated heterocycles. The molecule has 5 heteroatoms. The number of benzene rings is 6. The lowest BCUT2D eigenvalue weighted by atomic mass is 10.0. The summed E-state index contributed by atoms with van der Waals surface area (Å²) in [4.78, 5) is 0. The minimum atomic E-state index is 0.726. The predicted molar refractivity (Wildman–Crippen MR) is 189 cm³/mol. The van der Waals surface area contributed by atoms with Crippen LogP contribution in [0.1, 0.15) is 0 Å². The first-order valence-electron chi connectivity index (χ1n) is 15.5. The average Bonchev–Trinajstić information content (AvgIpc) is 3.85. The molecule has 47 heavy (non-hydrogen) atoms. The molecule has 0 atom stereocenters. The molecule has 0 fully saturated rings. The molecule has 2 heterocycles. The Morgan fingerprint density at radius 3 is 1.11 bits per heavy atom. The molecule has 0 aliphatic heterocycles. The van der Waals surface area contributed by atoms with Gasteiger partial charge in [-0.05, 0) is 57.6 Å². The molecule has 0 N–H and O–H groups in total. The topological polar surface area (TPSA) is 44.9 Å². The van der Waals surface area contributed by atoms with E-state index in [1.54, 1.807) is 0 Å².